The van der Waals surface area contributed by atoms with Crippen molar-refractivity contribution in [3.8, 4) is 5.75 Å². The number of nitrogens with zero attached hydrogens (tertiary/aromatic N) is 1. The van der Waals surface area contributed by atoms with Crippen LogP contribution in [0.4, 0.5) is 5.69 Å². The highest BCUT2D eigenvalue weighted by atomic mass is 32.2. The first-order chi connectivity index (χ1) is 12.8. The summed E-state index contributed by atoms with van der Waals surface area (Å²) < 4.78 is 28.9. The Morgan fingerprint density at radius 1 is 1.19 bits per heavy atom. The van der Waals surface area contributed by atoms with Gasteiger partial charge in [-0.25, -0.2) is 13.4 Å². The molecule has 0 atom stereocenters. The molecule has 3 rings (SSSR count). The van der Waals surface area contributed by atoms with E-state index < -0.39 is 9.84 Å². The summed E-state index contributed by atoms with van der Waals surface area (Å²) in [5.41, 5.74) is 1.73. The Bertz CT molecular complexity index is 1060. The van der Waals surface area contributed by atoms with Gasteiger partial charge in [0.15, 0.2) is 9.84 Å². The highest BCUT2D eigenvalue weighted by molar-refractivity contribution is 7.90. The Hall–Kier alpha value is -2.71. The molecule has 0 radical (unpaired) electrons. The summed E-state index contributed by atoms with van der Waals surface area (Å²) in [5, 5.41) is 5.63. The number of nitrogens with one attached hydrogen (secondary N) is 1. The highest BCUT2D eigenvalue weighted by Gasteiger charge is 2.10. The van der Waals surface area contributed by atoms with Crippen LogP contribution in [0.5, 0.6) is 5.75 Å². The number of aromatic nitrogens is 1. The number of thiazole rings is 1. The molecule has 3 aromatic rings. The van der Waals surface area contributed by atoms with Crippen LogP contribution in [-0.2, 0) is 16.4 Å². The number of carbonyl (C=O) groups excluding carboxylic acids is 1. The van der Waals surface area contributed by atoms with Crippen LogP contribution in [0, 0.1) is 6.92 Å². The summed E-state index contributed by atoms with van der Waals surface area (Å²) in [6.07, 6.45) is 1.12. The quantitative estimate of drug-likeness (QED) is 0.680. The van der Waals surface area contributed by atoms with Crippen molar-refractivity contribution in [2.24, 2.45) is 0 Å². The Morgan fingerprint density at radius 3 is 2.56 bits per heavy atom. The van der Waals surface area contributed by atoms with E-state index in [0.29, 0.717) is 23.6 Å². The molecular formula is C19H18N2O4S2. The van der Waals surface area contributed by atoms with E-state index >= 15 is 0 Å². The Balaban J connectivity index is 1.64. The van der Waals surface area contributed by atoms with Crippen LogP contribution in [0.15, 0.2) is 58.8 Å². The monoisotopic (exact) mass is 402 g/mol. The molecule has 0 aliphatic heterocycles. The molecule has 1 amide bonds. The van der Waals surface area contributed by atoms with Crippen LogP contribution >= 0.6 is 11.3 Å². The predicted octanol–water partition coefficient (Wildman–Crippen LogP) is 3.69. The predicted molar refractivity (Wildman–Crippen MR) is 105 cm³/mol. The first-order valence-corrected chi connectivity index (χ1v) is 10.8. The Morgan fingerprint density at radius 2 is 1.93 bits per heavy atom. The fraction of sp³-hybridized carbons (Fsp3) is 0.158. The number of hydrogen-bond acceptors (Lipinski definition) is 6. The third-order valence-corrected chi connectivity index (χ3v) is 5.62. The lowest BCUT2D eigenvalue weighted by molar-refractivity contribution is 0.102. The molecule has 2 aromatic carbocycles. The highest BCUT2D eigenvalue weighted by Crippen LogP contribution is 2.18. The zero-order chi connectivity index (χ0) is 19.4. The normalized spacial score (nSPS) is 11.2. The molecule has 8 heteroatoms. The van der Waals surface area contributed by atoms with Gasteiger partial charge in [-0.3, -0.25) is 4.79 Å². The molecule has 0 aliphatic carbocycles. The topological polar surface area (TPSA) is 85.4 Å². The van der Waals surface area contributed by atoms with Gasteiger partial charge in [-0.1, -0.05) is 6.07 Å². The molecule has 0 aliphatic rings. The van der Waals surface area contributed by atoms with Gasteiger partial charge < -0.3 is 10.1 Å². The second kappa shape index (κ2) is 7.89. The van der Waals surface area contributed by atoms with Gasteiger partial charge >= 0.3 is 0 Å². The number of amides is 1. The smallest absolute Gasteiger partial charge is 0.255 e. The molecule has 1 N–H and O–H groups in total. The molecule has 0 spiro atoms. The van der Waals surface area contributed by atoms with Crippen molar-refractivity contribution in [1.29, 1.82) is 0 Å². The Kier molecular flexibility index (Phi) is 5.57. The van der Waals surface area contributed by atoms with Gasteiger partial charge in [0.25, 0.3) is 5.91 Å². The van der Waals surface area contributed by atoms with Gasteiger partial charge in [-0.05, 0) is 49.4 Å². The molecule has 0 bridgehead atoms. The Labute approximate surface area is 161 Å². The summed E-state index contributed by atoms with van der Waals surface area (Å²) in [4.78, 5) is 16.8. The van der Waals surface area contributed by atoms with Crippen molar-refractivity contribution in [2.75, 3.05) is 11.6 Å². The van der Waals surface area contributed by atoms with Crippen LogP contribution in [0.25, 0.3) is 0 Å². The van der Waals surface area contributed by atoms with E-state index in [1.165, 1.54) is 12.1 Å². The lowest BCUT2D eigenvalue weighted by atomic mass is 10.2. The molecule has 0 saturated carbocycles. The van der Waals surface area contributed by atoms with Gasteiger partial charge in [-0.15, -0.1) is 11.3 Å². The molecule has 27 heavy (non-hydrogen) atoms. The zero-order valence-corrected chi connectivity index (χ0v) is 16.4. The van der Waals surface area contributed by atoms with Crippen LogP contribution in [0.2, 0.25) is 0 Å². The van der Waals surface area contributed by atoms with E-state index in [2.05, 4.69) is 10.3 Å². The number of carbonyl (C=O) groups is 1. The second-order valence-corrected chi connectivity index (χ2v) is 9.00. The summed E-state index contributed by atoms with van der Waals surface area (Å²) in [6.45, 7) is 2.31. The molecule has 0 fully saturated rings. The fourth-order valence-corrected chi connectivity index (χ4v) is 3.61. The maximum absolute atomic E-state index is 12.4. The minimum atomic E-state index is -3.33. The fourth-order valence-electron chi connectivity index (χ4n) is 2.34. The molecule has 1 aromatic heterocycles. The number of benzene rings is 2. The summed E-state index contributed by atoms with van der Waals surface area (Å²) >= 11 is 1.57. The standard InChI is InChI=1S/C19H18N2O4S2/c1-13-20-16(12-26-13)11-25-17-8-6-14(7-9-17)19(22)21-15-4-3-5-18(10-15)27(2,23)24/h3-10,12H,11H2,1-2H3,(H,21,22). The van der Waals surface area contributed by atoms with Gasteiger partial charge in [0.1, 0.15) is 12.4 Å². The van der Waals surface area contributed by atoms with Crippen molar-refractivity contribution in [2.45, 2.75) is 18.4 Å². The van der Waals surface area contributed by atoms with Gasteiger partial charge in [0, 0.05) is 22.9 Å². The van der Waals surface area contributed by atoms with Crippen LogP contribution in [0.1, 0.15) is 21.1 Å². The van der Waals surface area contributed by atoms with Crippen molar-refractivity contribution >= 4 is 32.8 Å². The third-order valence-electron chi connectivity index (χ3n) is 3.69. The summed E-state index contributed by atoms with van der Waals surface area (Å²) in [7, 11) is -3.33. The first-order valence-electron chi connectivity index (χ1n) is 8.06. The third kappa shape index (κ3) is 5.15. The average molecular weight is 402 g/mol. The summed E-state index contributed by atoms with van der Waals surface area (Å²) in [5.74, 6) is 0.304. The number of hydrogen-bond donors (Lipinski definition) is 1. The zero-order valence-electron chi connectivity index (χ0n) is 14.8. The number of ether oxygens (including phenoxy) is 1. The van der Waals surface area contributed by atoms with E-state index in [-0.39, 0.29) is 10.8 Å². The maximum atomic E-state index is 12.4. The first kappa shape index (κ1) is 19.1. The van der Waals surface area contributed by atoms with Crippen molar-refractivity contribution in [1.82, 2.24) is 4.98 Å². The van der Waals surface area contributed by atoms with E-state index in [1.807, 2.05) is 12.3 Å². The lowest BCUT2D eigenvalue weighted by Crippen LogP contribution is -2.12. The van der Waals surface area contributed by atoms with E-state index in [4.69, 9.17) is 4.74 Å². The SMILES string of the molecule is Cc1nc(COc2ccc(C(=O)Nc3cccc(S(C)(=O)=O)c3)cc2)cs1. The number of aryl methyl sites for hydroxylation is 1. The van der Waals surface area contributed by atoms with Crippen molar-refractivity contribution in [3.63, 3.8) is 0 Å². The number of rotatable bonds is 6. The molecule has 140 valence electrons. The van der Waals surface area contributed by atoms with Gasteiger partial charge in [-0.2, -0.15) is 0 Å². The van der Waals surface area contributed by atoms with Gasteiger partial charge in [0.2, 0.25) is 0 Å². The molecule has 1 heterocycles. The minimum absolute atomic E-state index is 0.154. The van der Waals surface area contributed by atoms with E-state index in [1.54, 1.807) is 47.7 Å². The number of anilines is 1. The van der Waals surface area contributed by atoms with Crippen molar-refractivity contribution < 1.29 is 17.9 Å². The minimum Gasteiger partial charge on any atom is -0.487 e. The van der Waals surface area contributed by atoms with Crippen LogP contribution < -0.4 is 10.1 Å². The van der Waals surface area contributed by atoms with E-state index in [9.17, 15) is 13.2 Å². The van der Waals surface area contributed by atoms with E-state index in [0.717, 1.165) is 17.0 Å². The molecule has 6 nitrogen and oxygen atoms in total. The second-order valence-electron chi connectivity index (χ2n) is 5.93. The van der Waals surface area contributed by atoms with Crippen LogP contribution in [-0.4, -0.2) is 25.6 Å². The largest absolute Gasteiger partial charge is 0.487 e. The maximum Gasteiger partial charge on any atom is 0.255 e. The lowest BCUT2D eigenvalue weighted by Gasteiger charge is -2.08. The van der Waals surface area contributed by atoms with Crippen LogP contribution in [0.3, 0.4) is 0 Å². The van der Waals surface area contributed by atoms with Crippen molar-refractivity contribution in [3.05, 3.63) is 70.2 Å². The molecule has 0 unspecified atom stereocenters. The molecule has 0 saturated heterocycles. The van der Waals surface area contributed by atoms with Gasteiger partial charge in [0.05, 0.1) is 15.6 Å². The summed E-state index contributed by atoms with van der Waals surface area (Å²) in [6, 6.07) is 12.9. The molecular weight excluding hydrogens is 384 g/mol. The number of sulfone groups is 1. The average Bonchev–Trinajstić information content (AvgIpc) is 3.05.